The molecule has 0 unspecified atom stereocenters. The van der Waals surface area contributed by atoms with Crippen molar-refractivity contribution in [1.82, 2.24) is 9.97 Å². The van der Waals surface area contributed by atoms with Crippen LogP contribution < -0.4 is 0 Å². The van der Waals surface area contributed by atoms with E-state index >= 15 is 0 Å². The number of carbonyl (C=O) groups excluding carboxylic acids is 1. The molecule has 0 saturated heterocycles. The van der Waals surface area contributed by atoms with E-state index < -0.39 is 0 Å². The molecule has 15 heavy (non-hydrogen) atoms. The number of halogens is 2. The van der Waals surface area contributed by atoms with Gasteiger partial charge in [-0.2, -0.15) is 0 Å². The summed E-state index contributed by atoms with van der Waals surface area (Å²) in [6.07, 6.45) is 1.45. The highest BCUT2D eigenvalue weighted by Gasteiger charge is 1.99. The van der Waals surface area contributed by atoms with Gasteiger partial charge in [0.05, 0.1) is 11.3 Å². The molecule has 0 aliphatic carbocycles. The fourth-order valence-corrected chi connectivity index (χ4v) is 1.39. The van der Waals surface area contributed by atoms with Gasteiger partial charge in [-0.3, -0.25) is 4.79 Å². The van der Waals surface area contributed by atoms with Crippen molar-refractivity contribution in [2.75, 3.05) is 5.75 Å². The third kappa shape index (κ3) is 4.52. The predicted octanol–water partition coefficient (Wildman–Crippen LogP) is 2.41. The van der Waals surface area contributed by atoms with Gasteiger partial charge in [-0.05, 0) is 11.6 Å². The summed E-state index contributed by atoms with van der Waals surface area (Å²) in [6, 6.07) is 0. The van der Waals surface area contributed by atoms with Crippen molar-refractivity contribution < 1.29 is 4.79 Å². The quantitative estimate of drug-likeness (QED) is 0.442. The summed E-state index contributed by atoms with van der Waals surface area (Å²) >= 11 is 12.4. The minimum absolute atomic E-state index is 0.0303. The summed E-state index contributed by atoms with van der Waals surface area (Å²) in [5, 5.41) is 0.335. The molecular formula is C9H6Cl2N2OS. The Bertz CT molecular complexity index is 439. The zero-order valence-electron chi connectivity index (χ0n) is 7.75. The summed E-state index contributed by atoms with van der Waals surface area (Å²) < 4.78 is 0. The SMILES string of the molecule is CC(=O)SCC#Cc1cnc(Cl)nc1Cl. The van der Waals surface area contributed by atoms with Crippen molar-refractivity contribution in [3.63, 3.8) is 0 Å². The Kier molecular flexibility index (Phi) is 4.89. The van der Waals surface area contributed by atoms with Crippen LogP contribution in [0.1, 0.15) is 12.5 Å². The number of hydrogen-bond donors (Lipinski definition) is 0. The lowest BCUT2D eigenvalue weighted by atomic mass is 10.3. The Labute approximate surface area is 102 Å². The number of carbonyl (C=O) groups is 1. The Morgan fingerprint density at radius 2 is 2.33 bits per heavy atom. The van der Waals surface area contributed by atoms with Crippen LogP contribution in [0.25, 0.3) is 0 Å². The molecule has 0 radical (unpaired) electrons. The highest BCUT2D eigenvalue weighted by molar-refractivity contribution is 8.13. The lowest BCUT2D eigenvalue weighted by molar-refractivity contribution is -0.109. The Morgan fingerprint density at radius 3 is 2.93 bits per heavy atom. The van der Waals surface area contributed by atoms with Gasteiger partial charge in [0, 0.05) is 13.1 Å². The van der Waals surface area contributed by atoms with Gasteiger partial charge < -0.3 is 0 Å². The molecular weight excluding hydrogens is 255 g/mol. The Hall–Kier alpha value is -0.760. The number of thioether (sulfide) groups is 1. The zero-order chi connectivity index (χ0) is 11.3. The van der Waals surface area contributed by atoms with Crippen molar-refractivity contribution in [1.29, 1.82) is 0 Å². The fraction of sp³-hybridized carbons (Fsp3) is 0.222. The van der Waals surface area contributed by atoms with E-state index in [1.807, 2.05) is 0 Å². The molecule has 6 heteroatoms. The van der Waals surface area contributed by atoms with Crippen molar-refractivity contribution >= 4 is 40.1 Å². The maximum absolute atomic E-state index is 10.6. The molecule has 3 nitrogen and oxygen atoms in total. The predicted molar refractivity (Wildman–Crippen MR) is 62.1 cm³/mol. The van der Waals surface area contributed by atoms with Crippen molar-refractivity contribution in [2.24, 2.45) is 0 Å². The Morgan fingerprint density at radius 1 is 1.60 bits per heavy atom. The molecule has 0 atom stereocenters. The zero-order valence-corrected chi connectivity index (χ0v) is 10.1. The van der Waals surface area contributed by atoms with Gasteiger partial charge in [-0.15, -0.1) is 0 Å². The highest BCUT2D eigenvalue weighted by atomic mass is 35.5. The van der Waals surface area contributed by atoms with Crippen LogP contribution in [-0.4, -0.2) is 20.8 Å². The standard InChI is InChI=1S/C9H6Cl2N2OS/c1-6(14)15-4-2-3-7-5-12-9(11)13-8(7)10/h5H,4H2,1H3. The van der Waals surface area contributed by atoms with E-state index in [0.29, 0.717) is 11.3 Å². The van der Waals surface area contributed by atoms with Crippen molar-refractivity contribution in [2.45, 2.75) is 6.92 Å². The normalized spacial score (nSPS) is 9.27. The molecule has 0 aliphatic rings. The summed E-state index contributed by atoms with van der Waals surface area (Å²) in [7, 11) is 0. The van der Waals surface area contributed by atoms with Crippen molar-refractivity contribution in [3.05, 3.63) is 22.2 Å². The average molecular weight is 261 g/mol. The molecule has 0 spiro atoms. The molecule has 0 amide bonds. The number of nitrogens with zero attached hydrogens (tertiary/aromatic N) is 2. The lowest BCUT2D eigenvalue weighted by Gasteiger charge is -1.93. The van der Waals surface area contributed by atoms with Gasteiger partial charge in [-0.25, -0.2) is 9.97 Å². The lowest BCUT2D eigenvalue weighted by Crippen LogP contribution is -1.87. The summed E-state index contributed by atoms with van der Waals surface area (Å²) in [5.41, 5.74) is 0.505. The van der Waals surface area contributed by atoms with E-state index in [2.05, 4.69) is 21.8 Å². The van der Waals surface area contributed by atoms with Gasteiger partial charge in [0.25, 0.3) is 0 Å². The van der Waals surface area contributed by atoms with Crippen LogP contribution in [0, 0.1) is 11.8 Å². The van der Waals surface area contributed by atoms with Gasteiger partial charge in [0.2, 0.25) is 5.28 Å². The first kappa shape index (κ1) is 12.3. The fourth-order valence-electron chi connectivity index (χ4n) is 0.694. The van der Waals surface area contributed by atoms with Crippen molar-refractivity contribution in [3.8, 4) is 11.8 Å². The van der Waals surface area contributed by atoms with E-state index in [4.69, 9.17) is 23.2 Å². The van der Waals surface area contributed by atoms with Crippen LogP contribution in [0.3, 0.4) is 0 Å². The van der Waals surface area contributed by atoms with Crippen LogP contribution in [0.5, 0.6) is 0 Å². The van der Waals surface area contributed by atoms with Gasteiger partial charge >= 0.3 is 0 Å². The van der Waals surface area contributed by atoms with Crippen LogP contribution >= 0.6 is 35.0 Å². The first-order valence-electron chi connectivity index (χ1n) is 3.90. The molecule has 0 saturated carbocycles. The number of rotatable bonds is 1. The molecule has 0 aromatic carbocycles. The van der Waals surface area contributed by atoms with E-state index in [1.165, 1.54) is 13.1 Å². The highest BCUT2D eigenvalue weighted by Crippen LogP contribution is 2.12. The minimum atomic E-state index is 0.0303. The largest absolute Gasteiger partial charge is 0.288 e. The van der Waals surface area contributed by atoms with Crippen LogP contribution in [0.2, 0.25) is 10.4 Å². The van der Waals surface area contributed by atoms with Crippen LogP contribution in [0.4, 0.5) is 0 Å². The van der Waals surface area contributed by atoms with E-state index in [1.54, 1.807) is 0 Å². The average Bonchev–Trinajstić information content (AvgIpc) is 2.14. The smallest absolute Gasteiger partial charge is 0.223 e. The molecule has 0 N–H and O–H groups in total. The molecule has 0 aliphatic heterocycles. The van der Waals surface area contributed by atoms with Gasteiger partial charge in [-0.1, -0.05) is 35.2 Å². The molecule has 1 aromatic heterocycles. The van der Waals surface area contributed by atoms with Crippen LogP contribution in [-0.2, 0) is 4.79 Å². The first-order chi connectivity index (χ1) is 7.09. The molecule has 0 fully saturated rings. The third-order valence-electron chi connectivity index (χ3n) is 1.28. The molecule has 1 rings (SSSR count). The second-order valence-electron chi connectivity index (χ2n) is 2.43. The third-order valence-corrected chi connectivity index (χ3v) is 2.45. The summed E-state index contributed by atoms with van der Waals surface area (Å²) in [6.45, 7) is 1.49. The second-order valence-corrected chi connectivity index (χ2v) is 4.27. The molecule has 78 valence electrons. The van der Waals surface area contributed by atoms with E-state index in [-0.39, 0.29) is 15.6 Å². The monoisotopic (exact) mass is 260 g/mol. The number of aromatic nitrogens is 2. The number of hydrogen-bond acceptors (Lipinski definition) is 4. The molecule has 1 heterocycles. The van der Waals surface area contributed by atoms with Gasteiger partial charge in [0.1, 0.15) is 5.15 Å². The van der Waals surface area contributed by atoms with E-state index in [0.717, 1.165) is 11.8 Å². The molecule has 0 bridgehead atoms. The van der Waals surface area contributed by atoms with Crippen LogP contribution in [0.15, 0.2) is 6.20 Å². The van der Waals surface area contributed by atoms with E-state index in [9.17, 15) is 4.79 Å². The maximum atomic E-state index is 10.6. The Balaban J connectivity index is 2.67. The first-order valence-corrected chi connectivity index (χ1v) is 5.64. The molecule has 1 aromatic rings. The van der Waals surface area contributed by atoms with Gasteiger partial charge in [0.15, 0.2) is 5.12 Å². The minimum Gasteiger partial charge on any atom is -0.288 e. The topological polar surface area (TPSA) is 42.9 Å². The second kappa shape index (κ2) is 5.96. The maximum Gasteiger partial charge on any atom is 0.223 e. The summed E-state index contributed by atoms with van der Waals surface area (Å²) in [4.78, 5) is 18.1. The summed E-state index contributed by atoms with van der Waals surface area (Å²) in [5.74, 6) is 5.96.